The Kier molecular flexibility index (Phi) is 11.1. The zero-order valence-corrected chi connectivity index (χ0v) is 26.8. The van der Waals surface area contributed by atoms with Crippen molar-refractivity contribution >= 4 is 17.6 Å². The molecule has 5 rings (SSSR count). The van der Waals surface area contributed by atoms with Gasteiger partial charge in [-0.25, -0.2) is 9.37 Å². The molecule has 3 heterocycles. The standard InChI is InChI=1S/C33H43FN4.C4H10/c1-6-33(30-21-27(25(4)34)11-12-31(30)35-5)13-16-37(17-14-33)15-7-8-26-20-28-10-9-24(3)38(32(28)36-22-26)29-18-23(2)19-29;1-3-4-2/h6,9-12,20-23,25,29,35H,1,3,7-8,13-19H2,2,4-5H3;3-4H2,1-2H3. The maximum Gasteiger partial charge on any atom is 0.140 e. The van der Waals surface area contributed by atoms with Crippen molar-refractivity contribution in [3.63, 3.8) is 0 Å². The molecule has 1 N–H and O–H groups in total. The minimum atomic E-state index is -0.973. The summed E-state index contributed by atoms with van der Waals surface area (Å²) in [5.74, 6) is 1.87. The first-order chi connectivity index (χ1) is 20.2. The Bertz CT molecular complexity index is 1230. The highest BCUT2D eigenvalue weighted by atomic mass is 19.1. The Morgan fingerprint density at radius 3 is 2.45 bits per heavy atom. The van der Waals surface area contributed by atoms with Crippen LogP contribution in [0.4, 0.5) is 15.9 Å². The van der Waals surface area contributed by atoms with Gasteiger partial charge in [0.25, 0.3) is 0 Å². The first-order valence-corrected chi connectivity index (χ1v) is 16.2. The summed E-state index contributed by atoms with van der Waals surface area (Å²) in [5, 5.41) is 3.32. The fourth-order valence-corrected chi connectivity index (χ4v) is 6.57. The molecule has 1 saturated heterocycles. The molecule has 0 radical (unpaired) electrons. The number of piperidine rings is 1. The molecule has 1 aliphatic carbocycles. The Labute approximate surface area is 254 Å². The van der Waals surface area contributed by atoms with E-state index in [2.05, 4.69) is 79.5 Å². The number of pyridine rings is 1. The molecule has 1 atom stereocenters. The van der Waals surface area contributed by atoms with Gasteiger partial charge in [0.05, 0.1) is 0 Å². The van der Waals surface area contributed by atoms with Gasteiger partial charge in [0.1, 0.15) is 12.0 Å². The summed E-state index contributed by atoms with van der Waals surface area (Å²) in [5.41, 5.74) is 6.45. The van der Waals surface area contributed by atoms with Crippen molar-refractivity contribution in [2.24, 2.45) is 5.92 Å². The van der Waals surface area contributed by atoms with Gasteiger partial charge in [0, 0.05) is 41.6 Å². The maximum atomic E-state index is 14.1. The number of hydrogen-bond acceptors (Lipinski definition) is 4. The number of aryl methyl sites for hydroxylation is 1. The van der Waals surface area contributed by atoms with E-state index in [9.17, 15) is 4.39 Å². The van der Waals surface area contributed by atoms with Gasteiger partial charge in [-0.1, -0.05) is 52.3 Å². The van der Waals surface area contributed by atoms with Gasteiger partial charge < -0.3 is 15.1 Å². The van der Waals surface area contributed by atoms with Crippen molar-refractivity contribution in [3.05, 3.63) is 83.7 Å². The number of alkyl halides is 1. The van der Waals surface area contributed by atoms with Crippen molar-refractivity contribution in [2.45, 2.75) is 96.7 Å². The molecule has 1 saturated carbocycles. The second-order valence-corrected chi connectivity index (χ2v) is 12.7. The molecule has 5 heteroatoms. The lowest BCUT2D eigenvalue weighted by molar-refractivity contribution is 0.181. The number of fused-ring (bicyclic) bond motifs is 1. The maximum absolute atomic E-state index is 14.1. The highest BCUT2D eigenvalue weighted by Gasteiger charge is 2.36. The molecule has 4 nitrogen and oxygen atoms in total. The molecule has 1 aromatic heterocycles. The fourth-order valence-electron chi connectivity index (χ4n) is 6.57. The normalized spacial score (nSPS) is 22.0. The van der Waals surface area contributed by atoms with Crippen LogP contribution in [0.3, 0.4) is 0 Å². The van der Waals surface area contributed by atoms with Crippen LogP contribution in [0, 0.1) is 5.92 Å². The fraction of sp³-hybridized carbons (Fsp3) is 0.541. The minimum Gasteiger partial charge on any atom is -0.388 e. The predicted octanol–water partition coefficient (Wildman–Crippen LogP) is 9.26. The van der Waals surface area contributed by atoms with Gasteiger partial charge in [0.15, 0.2) is 0 Å². The lowest BCUT2D eigenvalue weighted by Gasteiger charge is -2.44. The van der Waals surface area contributed by atoms with Crippen molar-refractivity contribution in [3.8, 4) is 0 Å². The molecule has 2 aromatic rings. The van der Waals surface area contributed by atoms with Gasteiger partial charge in [-0.05, 0) is 118 Å². The second kappa shape index (κ2) is 14.5. The highest BCUT2D eigenvalue weighted by molar-refractivity contribution is 5.74. The number of allylic oxidation sites excluding steroid dienone is 2. The van der Waals surface area contributed by atoms with Crippen molar-refractivity contribution in [1.82, 2.24) is 9.88 Å². The van der Waals surface area contributed by atoms with E-state index in [1.54, 1.807) is 6.92 Å². The summed E-state index contributed by atoms with van der Waals surface area (Å²) >= 11 is 0. The molecule has 1 unspecified atom stereocenters. The van der Waals surface area contributed by atoms with Crippen LogP contribution in [0.2, 0.25) is 0 Å². The molecule has 2 fully saturated rings. The summed E-state index contributed by atoms with van der Waals surface area (Å²) in [6.07, 6.45) is 16.7. The van der Waals surface area contributed by atoms with Crippen LogP contribution < -0.4 is 10.2 Å². The van der Waals surface area contributed by atoms with Gasteiger partial charge >= 0.3 is 0 Å². The van der Waals surface area contributed by atoms with Crippen molar-refractivity contribution in [2.75, 3.05) is 36.9 Å². The van der Waals surface area contributed by atoms with Gasteiger partial charge in [-0.3, -0.25) is 0 Å². The number of halogens is 1. The number of rotatable bonds is 10. The third-order valence-electron chi connectivity index (χ3n) is 9.55. The molecule has 42 heavy (non-hydrogen) atoms. The second-order valence-electron chi connectivity index (χ2n) is 12.7. The van der Waals surface area contributed by atoms with E-state index in [1.807, 2.05) is 25.2 Å². The molecule has 1 aromatic carbocycles. The summed E-state index contributed by atoms with van der Waals surface area (Å²) in [4.78, 5) is 9.82. The Hall–Kier alpha value is -2.92. The lowest BCUT2D eigenvalue weighted by atomic mass is 9.71. The van der Waals surface area contributed by atoms with Gasteiger partial charge in [-0.2, -0.15) is 0 Å². The SMILES string of the molecule is C=CC1(c2cc(C(C)F)ccc2NC)CCN(CCCc2cnc3c(c2)C=CC(=C)N3C2CC(C)C2)CC1.CCCC. The zero-order chi connectivity index (χ0) is 30.3. The molecular weight excluding hydrogens is 519 g/mol. The molecule has 228 valence electrons. The topological polar surface area (TPSA) is 31.4 Å². The van der Waals surface area contributed by atoms with E-state index < -0.39 is 6.17 Å². The first kappa shape index (κ1) is 32.0. The van der Waals surface area contributed by atoms with E-state index in [4.69, 9.17) is 4.98 Å². The summed E-state index contributed by atoms with van der Waals surface area (Å²) < 4.78 is 14.1. The van der Waals surface area contributed by atoms with Crippen molar-refractivity contribution < 1.29 is 4.39 Å². The quantitative estimate of drug-likeness (QED) is 0.288. The van der Waals surface area contributed by atoms with Crippen LogP contribution in [0.5, 0.6) is 0 Å². The van der Waals surface area contributed by atoms with Crippen LogP contribution in [0.15, 0.2) is 61.5 Å². The lowest BCUT2D eigenvalue weighted by Crippen LogP contribution is -2.44. The third-order valence-corrected chi connectivity index (χ3v) is 9.55. The zero-order valence-electron chi connectivity index (χ0n) is 26.8. The number of unbranched alkanes of at least 4 members (excludes halogenated alkanes) is 1. The Morgan fingerprint density at radius 1 is 1.14 bits per heavy atom. The number of aromatic nitrogens is 1. The molecule has 2 aliphatic heterocycles. The predicted molar refractivity (Wildman–Crippen MR) is 179 cm³/mol. The highest BCUT2D eigenvalue weighted by Crippen LogP contribution is 2.42. The monoisotopic (exact) mass is 572 g/mol. The van der Waals surface area contributed by atoms with Crippen LogP contribution in [0.1, 0.15) is 101 Å². The van der Waals surface area contributed by atoms with Crippen molar-refractivity contribution in [1.29, 1.82) is 0 Å². The largest absolute Gasteiger partial charge is 0.388 e. The van der Waals surface area contributed by atoms with Crippen LogP contribution >= 0.6 is 0 Å². The average Bonchev–Trinajstić information content (AvgIpc) is 3.00. The van der Waals surface area contributed by atoms with Gasteiger partial charge in [-0.15, -0.1) is 6.58 Å². The van der Waals surface area contributed by atoms with E-state index in [0.29, 0.717) is 6.04 Å². The molecule has 0 spiro atoms. The molecule has 0 bridgehead atoms. The summed E-state index contributed by atoms with van der Waals surface area (Å²) in [6, 6.07) is 8.81. The number of nitrogens with one attached hydrogen (secondary N) is 1. The summed E-state index contributed by atoms with van der Waals surface area (Å²) in [7, 11) is 1.94. The number of anilines is 2. The van der Waals surface area contributed by atoms with Crippen LogP contribution in [-0.4, -0.2) is 42.6 Å². The average molecular weight is 573 g/mol. The van der Waals surface area contributed by atoms with E-state index in [-0.39, 0.29) is 5.41 Å². The molecule has 3 aliphatic rings. The van der Waals surface area contributed by atoms with Crippen LogP contribution in [-0.2, 0) is 11.8 Å². The first-order valence-electron chi connectivity index (χ1n) is 16.2. The number of nitrogens with zero attached hydrogens (tertiary/aromatic N) is 3. The number of benzene rings is 1. The molecular formula is C37H53FN4. The Morgan fingerprint density at radius 2 is 1.86 bits per heavy atom. The van der Waals surface area contributed by atoms with E-state index in [1.165, 1.54) is 42.4 Å². The van der Waals surface area contributed by atoms with E-state index in [0.717, 1.165) is 74.0 Å². The smallest absolute Gasteiger partial charge is 0.140 e. The number of likely N-dealkylation sites (tertiary alicyclic amines) is 1. The minimum absolute atomic E-state index is 0.122. The van der Waals surface area contributed by atoms with Crippen LogP contribution in [0.25, 0.3) is 6.08 Å². The van der Waals surface area contributed by atoms with E-state index >= 15 is 0 Å². The summed E-state index contributed by atoms with van der Waals surface area (Å²) in [6.45, 7) is 19.9. The number of hydrogen-bond donors (Lipinski definition) is 1. The van der Waals surface area contributed by atoms with Gasteiger partial charge in [0.2, 0.25) is 0 Å². The molecule has 0 amide bonds. The Balaban J connectivity index is 0.000000952. The third kappa shape index (κ3) is 7.16.